The van der Waals surface area contributed by atoms with Gasteiger partial charge in [0.2, 0.25) is 10.0 Å². The van der Waals surface area contributed by atoms with Crippen molar-refractivity contribution in [1.82, 2.24) is 4.72 Å². The number of sulfonamides is 1. The lowest BCUT2D eigenvalue weighted by atomic mass is 10.1. The molecule has 0 amide bonds. The zero-order valence-corrected chi connectivity index (χ0v) is 14.2. The maximum atomic E-state index is 12.5. The molecule has 0 heterocycles. The van der Waals surface area contributed by atoms with Gasteiger partial charge in [-0.1, -0.05) is 17.7 Å². The molecule has 1 aromatic rings. The van der Waals surface area contributed by atoms with Crippen molar-refractivity contribution in [2.24, 2.45) is 0 Å². The van der Waals surface area contributed by atoms with Gasteiger partial charge in [0.25, 0.3) is 0 Å². The summed E-state index contributed by atoms with van der Waals surface area (Å²) in [4.78, 5) is 0.333. The average molecular weight is 315 g/mol. The fourth-order valence-electron chi connectivity index (χ4n) is 2.38. The third-order valence-corrected chi connectivity index (χ3v) is 4.75. The first kappa shape index (κ1) is 18.1. The van der Waals surface area contributed by atoms with E-state index in [0.29, 0.717) is 18.1 Å². The Hall–Kier alpha value is -0.950. The Morgan fingerprint density at radius 2 is 1.52 bits per heavy atom. The molecule has 0 saturated carbocycles. The highest BCUT2D eigenvalue weighted by molar-refractivity contribution is 7.89. The second-order valence-electron chi connectivity index (χ2n) is 4.92. The van der Waals surface area contributed by atoms with E-state index in [-0.39, 0.29) is 6.54 Å². The summed E-state index contributed by atoms with van der Waals surface area (Å²) in [7, 11) is -3.58. The predicted molar refractivity (Wildman–Crippen MR) is 82.9 cm³/mol. The van der Waals surface area contributed by atoms with Gasteiger partial charge in [0.05, 0.1) is 11.4 Å². The van der Waals surface area contributed by atoms with Crippen LogP contribution in [0.4, 0.5) is 0 Å². The third-order valence-electron chi connectivity index (χ3n) is 3.02. The molecule has 1 aromatic carbocycles. The van der Waals surface area contributed by atoms with E-state index in [1.807, 2.05) is 32.9 Å². The molecule has 0 bridgehead atoms. The molecule has 0 unspecified atom stereocenters. The number of rotatable bonds is 8. The molecule has 21 heavy (non-hydrogen) atoms. The minimum absolute atomic E-state index is 0.0940. The number of benzene rings is 1. The van der Waals surface area contributed by atoms with E-state index in [4.69, 9.17) is 9.47 Å². The van der Waals surface area contributed by atoms with Crippen LogP contribution < -0.4 is 4.72 Å². The Bertz CT molecular complexity index is 540. The maximum Gasteiger partial charge on any atom is 0.241 e. The molecular formula is C15H25NO4S. The number of aryl methyl sites for hydroxylation is 3. The summed E-state index contributed by atoms with van der Waals surface area (Å²) in [5, 5.41) is 0. The highest BCUT2D eigenvalue weighted by Gasteiger charge is 2.21. The molecule has 0 radical (unpaired) electrons. The Kier molecular flexibility index (Phi) is 6.80. The van der Waals surface area contributed by atoms with E-state index in [2.05, 4.69) is 4.72 Å². The quantitative estimate of drug-likeness (QED) is 0.748. The molecule has 0 atom stereocenters. The van der Waals surface area contributed by atoms with Crippen molar-refractivity contribution in [3.63, 3.8) is 0 Å². The molecule has 5 nitrogen and oxygen atoms in total. The van der Waals surface area contributed by atoms with E-state index in [1.165, 1.54) is 0 Å². The fourth-order valence-corrected chi connectivity index (χ4v) is 3.84. The highest BCUT2D eigenvalue weighted by Crippen LogP contribution is 2.21. The Balaban J connectivity index is 2.92. The van der Waals surface area contributed by atoms with Crippen LogP contribution in [0.5, 0.6) is 0 Å². The lowest BCUT2D eigenvalue weighted by molar-refractivity contribution is -0.130. The Morgan fingerprint density at radius 1 is 1.05 bits per heavy atom. The number of ether oxygens (including phenoxy) is 2. The Morgan fingerprint density at radius 3 is 1.95 bits per heavy atom. The first-order valence-corrected chi connectivity index (χ1v) is 8.60. The first-order chi connectivity index (χ1) is 9.81. The second-order valence-corrected chi connectivity index (χ2v) is 6.62. The van der Waals surface area contributed by atoms with E-state index in [1.54, 1.807) is 13.8 Å². The van der Waals surface area contributed by atoms with Crippen molar-refractivity contribution in [3.05, 3.63) is 28.8 Å². The standard InChI is InChI=1S/C15H25NO4S/c1-6-19-14(20-7-2)10-16-21(17,18)15-12(4)8-11(3)9-13(15)5/h8-9,14,16H,6-7,10H2,1-5H3. The number of hydrogen-bond donors (Lipinski definition) is 1. The molecule has 0 spiro atoms. The molecule has 1 rings (SSSR count). The molecular weight excluding hydrogens is 290 g/mol. The summed E-state index contributed by atoms with van der Waals surface area (Å²) < 4.78 is 38.2. The smallest absolute Gasteiger partial charge is 0.241 e. The monoisotopic (exact) mass is 315 g/mol. The summed E-state index contributed by atoms with van der Waals surface area (Å²) in [5.74, 6) is 0. The normalized spacial score (nSPS) is 12.1. The minimum Gasteiger partial charge on any atom is -0.352 e. The Labute approximate surface area is 127 Å². The van der Waals surface area contributed by atoms with Gasteiger partial charge in [-0.3, -0.25) is 0 Å². The molecule has 1 N–H and O–H groups in total. The zero-order chi connectivity index (χ0) is 16.0. The van der Waals surface area contributed by atoms with Crippen LogP contribution in [0.2, 0.25) is 0 Å². The summed E-state index contributed by atoms with van der Waals surface area (Å²) in [6, 6.07) is 3.73. The van der Waals surface area contributed by atoms with Gasteiger partial charge in [0, 0.05) is 13.2 Å². The highest BCUT2D eigenvalue weighted by atomic mass is 32.2. The summed E-state index contributed by atoms with van der Waals surface area (Å²) in [5.41, 5.74) is 2.53. The van der Waals surface area contributed by atoms with Crippen molar-refractivity contribution < 1.29 is 17.9 Å². The van der Waals surface area contributed by atoms with Crippen LogP contribution in [0, 0.1) is 20.8 Å². The van der Waals surface area contributed by atoms with Crippen molar-refractivity contribution in [1.29, 1.82) is 0 Å². The van der Waals surface area contributed by atoms with E-state index in [0.717, 1.165) is 16.7 Å². The van der Waals surface area contributed by atoms with Crippen LogP contribution in [0.1, 0.15) is 30.5 Å². The fraction of sp³-hybridized carbons (Fsp3) is 0.600. The maximum absolute atomic E-state index is 12.5. The van der Waals surface area contributed by atoms with Gasteiger partial charge in [-0.15, -0.1) is 0 Å². The first-order valence-electron chi connectivity index (χ1n) is 7.12. The lowest BCUT2D eigenvalue weighted by Crippen LogP contribution is -2.36. The molecule has 0 aliphatic heterocycles. The van der Waals surface area contributed by atoms with Crippen molar-refractivity contribution in [3.8, 4) is 0 Å². The third kappa shape index (κ3) is 5.07. The van der Waals surface area contributed by atoms with E-state index in [9.17, 15) is 8.42 Å². The van der Waals surface area contributed by atoms with Gasteiger partial charge in [-0.05, 0) is 45.7 Å². The van der Waals surface area contributed by atoms with E-state index < -0.39 is 16.3 Å². The van der Waals surface area contributed by atoms with Crippen LogP contribution in [0.15, 0.2) is 17.0 Å². The molecule has 0 aliphatic carbocycles. The minimum atomic E-state index is -3.58. The van der Waals surface area contributed by atoms with Gasteiger partial charge in [-0.2, -0.15) is 0 Å². The largest absolute Gasteiger partial charge is 0.352 e. The van der Waals surface area contributed by atoms with Crippen molar-refractivity contribution in [2.45, 2.75) is 45.8 Å². The summed E-state index contributed by atoms with van der Waals surface area (Å²) >= 11 is 0. The van der Waals surface area contributed by atoms with Crippen LogP contribution in [-0.2, 0) is 19.5 Å². The van der Waals surface area contributed by atoms with Gasteiger partial charge in [-0.25, -0.2) is 13.1 Å². The van der Waals surface area contributed by atoms with Gasteiger partial charge in [0.15, 0.2) is 6.29 Å². The number of nitrogens with one attached hydrogen (secondary N) is 1. The van der Waals surface area contributed by atoms with Crippen LogP contribution in [0.25, 0.3) is 0 Å². The summed E-state index contributed by atoms with van der Waals surface area (Å²) in [6.07, 6.45) is -0.569. The SMILES string of the molecule is CCOC(CNS(=O)(=O)c1c(C)cc(C)cc1C)OCC. The molecule has 0 fully saturated rings. The van der Waals surface area contributed by atoms with Crippen LogP contribution in [0.3, 0.4) is 0 Å². The topological polar surface area (TPSA) is 64.6 Å². The number of hydrogen-bond acceptors (Lipinski definition) is 4. The molecule has 6 heteroatoms. The van der Waals surface area contributed by atoms with Crippen molar-refractivity contribution in [2.75, 3.05) is 19.8 Å². The molecule has 0 aliphatic rings. The van der Waals surface area contributed by atoms with Crippen molar-refractivity contribution >= 4 is 10.0 Å². The zero-order valence-electron chi connectivity index (χ0n) is 13.4. The lowest BCUT2D eigenvalue weighted by Gasteiger charge is -2.19. The summed E-state index contributed by atoms with van der Waals surface area (Å²) in [6.45, 7) is 10.3. The molecule has 120 valence electrons. The van der Waals surface area contributed by atoms with Crippen LogP contribution in [-0.4, -0.2) is 34.5 Å². The van der Waals surface area contributed by atoms with Gasteiger partial charge < -0.3 is 9.47 Å². The average Bonchev–Trinajstić information content (AvgIpc) is 2.35. The molecule has 0 saturated heterocycles. The second kappa shape index (κ2) is 7.89. The van der Waals surface area contributed by atoms with Gasteiger partial charge >= 0.3 is 0 Å². The van der Waals surface area contributed by atoms with E-state index >= 15 is 0 Å². The van der Waals surface area contributed by atoms with Crippen LogP contribution >= 0.6 is 0 Å². The van der Waals surface area contributed by atoms with Gasteiger partial charge in [0.1, 0.15) is 0 Å². The molecule has 0 aromatic heterocycles. The predicted octanol–water partition coefficient (Wildman–Crippen LogP) is 2.29.